The third-order valence-corrected chi connectivity index (χ3v) is 2.75. The lowest BCUT2D eigenvalue weighted by atomic mass is 10.2. The molecule has 0 bridgehead atoms. The van der Waals surface area contributed by atoms with E-state index in [1.165, 1.54) is 6.07 Å². The van der Waals surface area contributed by atoms with Gasteiger partial charge in [0.1, 0.15) is 5.82 Å². The van der Waals surface area contributed by atoms with E-state index >= 15 is 0 Å². The average molecular weight is 275 g/mol. The molecule has 0 atom stereocenters. The van der Waals surface area contributed by atoms with E-state index in [-0.39, 0.29) is 5.82 Å². The third kappa shape index (κ3) is 6.31. The van der Waals surface area contributed by atoms with Crippen molar-refractivity contribution in [2.75, 3.05) is 33.4 Å². The minimum atomic E-state index is -0.217. The van der Waals surface area contributed by atoms with Gasteiger partial charge in [0, 0.05) is 30.8 Å². The maximum absolute atomic E-state index is 13.4. The second-order valence-corrected chi connectivity index (χ2v) is 4.45. The van der Waals surface area contributed by atoms with Gasteiger partial charge >= 0.3 is 0 Å². The molecule has 5 heteroatoms. The Morgan fingerprint density at radius 1 is 1.22 bits per heavy atom. The monoisotopic (exact) mass is 274 g/mol. The highest BCUT2D eigenvalue weighted by molar-refractivity contribution is 6.30. The topological polar surface area (TPSA) is 33.3 Å². The largest absolute Gasteiger partial charge is 0.383 e. The molecular weight excluding hydrogens is 255 g/mol. The normalized spacial score (nSPS) is 10.8. The molecule has 0 unspecified atom stereocenters. The van der Waals surface area contributed by atoms with Crippen LogP contribution in [-0.2, 0) is 11.3 Å². The van der Waals surface area contributed by atoms with Gasteiger partial charge in [-0.2, -0.15) is 0 Å². The van der Waals surface area contributed by atoms with Crippen LogP contribution in [0.25, 0.3) is 0 Å². The molecule has 0 aliphatic rings. The SMILES string of the molecule is COCCNCCCNCc1cc(Cl)ccc1F. The van der Waals surface area contributed by atoms with Crippen LogP contribution in [0.3, 0.4) is 0 Å². The van der Waals surface area contributed by atoms with Gasteiger partial charge in [0.15, 0.2) is 0 Å². The Hall–Kier alpha value is -0.680. The van der Waals surface area contributed by atoms with Crippen molar-refractivity contribution in [3.63, 3.8) is 0 Å². The summed E-state index contributed by atoms with van der Waals surface area (Å²) < 4.78 is 18.3. The van der Waals surface area contributed by atoms with Gasteiger partial charge in [0.2, 0.25) is 0 Å². The van der Waals surface area contributed by atoms with Crippen molar-refractivity contribution >= 4 is 11.6 Å². The number of benzene rings is 1. The molecule has 1 aromatic carbocycles. The number of hydrogen-bond donors (Lipinski definition) is 2. The van der Waals surface area contributed by atoms with E-state index in [2.05, 4.69) is 10.6 Å². The second kappa shape index (κ2) is 9.28. The number of hydrogen-bond acceptors (Lipinski definition) is 3. The summed E-state index contributed by atoms with van der Waals surface area (Å²) in [5, 5.41) is 7.00. The molecule has 0 aliphatic carbocycles. The number of ether oxygens (including phenoxy) is 1. The minimum Gasteiger partial charge on any atom is -0.383 e. The van der Waals surface area contributed by atoms with Crippen LogP contribution < -0.4 is 10.6 Å². The average Bonchev–Trinajstić information content (AvgIpc) is 2.36. The summed E-state index contributed by atoms with van der Waals surface area (Å²) in [5.74, 6) is -0.217. The Kier molecular flexibility index (Phi) is 7.93. The lowest BCUT2D eigenvalue weighted by molar-refractivity contribution is 0.199. The molecular formula is C13H20ClFN2O. The number of halogens is 2. The van der Waals surface area contributed by atoms with Crippen molar-refractivity contribution in [2.24, 2.45) is 0 Å². The smallest absolute Gasteiger partial charge is 0.127 e. The summed E-state index contributed by atoms with van der Waals surface area (Å²) in [6.07, 6.45) is 0.992. The predicted molar refractivity (Wildman–Crippen MR) is 72.5 cm³/mol. The molecule has 18 heavy (non-hydrogen) atoms. The molecule has 0 radical (unpaired) electrons. The van der Waals surface area contributed by atoms with E-state index in [0.717, 1.165) is 32.7 Å². The van der Waals surface area contributed by atoms with Crippen LogP contribution in [0.4, 0.5) is 4.39 Å². The van der Waals surface area contributed by atoms with Crippen LogP contribution >= 0.6 is 11.6 Å². The standard InChI is InChI=1S/C13H20ClFN2O/c1-18-8-7-16-5-2-6-17-10-11-9-12(14)3-4-13(11)15/h3-4,9,16-17H,2,5-8,10H2,1H3. The van der Waals surface area contributed by atoms with Gasteiger partial charge in [-0.05, 0) is 37.7 Å². The quantitative estimate of drug-likeness (QED) is 0.678. The summed E-state index contributed by atoms with van der Waals surface area (Å²) in [6.45, 7) is 3.85. The van der Waals surface area contributed by atoms with E-state index in [4.69, 9.17) is 16.3 Å². The molecule has 0 spiro atoms. The summed E-state index contributed by atoms with van der Waals surface area (Å²) in [7, 11) is 1.68. The Morgan fingerprint density at radius 2 is 2.00 bits per heavy atom. The Labute approximate surface area is 113 Å². The van der Waals surface area contributed by atoms with Gasteiger partial charge in [0.25, 0.3) is 0 Å². The molecule has 0 saturated carbocycles. The Balaban J connectivity index is 2.09. The first-order valence-corrected chi connectivity index (χ1v) is 6.46. The first-order valence-electron chi connectivity index (χ1n) is 6.08. The first kappa shape index (κ1) is 15.4. The van der Waals surface area contributed by atoms with Gasteiger partial charge in [-0.1, -0.05) is 11.6 Å². The zero-order chi connectivity index (χ0) is 13.2. The van der Waals surface area contributed by atoms with E-state index < -0.39 is 0 Å². The summed E-state index contributed by atoms with van der Waals surface area (Å²) in [6, 6.07) is 4.60. The van der Waals surface area contributed by atoms with Gasteiger partial charge in [-0.3, -0.25) is 0 Å². The molecule has 0 fully saturated rings. The Morgan fingerprint density at radius 3 is 2.78 bits per heavy atom. The fourth-order valence-corrected chi connectivity index (χ4v) is 1.73. The van der Waals surface area contributed by atoms with E-state index in [1.807, 2.05) is 0 Å². The van der Waals surface area contributed by atoms with Crippen LogP contribution in [-0.4, -0.2) is 33.4 Å². The van der Waals surface area contributed by atoms with Crippen LogP contribution in [0.1, 0.15) is 12.0 Å². The lowest BCUT2D eigenvalue weighted by Gasteiger charge is -2.07. The van der Waals surface area contributed by atoms with Crippen molar-refractivity contribution in [3.05, 3.63) is 34.6 Å². The molecule has 0 aromatic heterocycles. The molecule has 0 heterocycles. The van der Waals surface area contributed by atoms with Gasteiger partial charge in [-0.15, -0.1) is 0 Å². The summed E-state index contributed by atoms with van der Waals surface area (Å²) in [4.78, 5) is 0. The van der Waals surface area contributed by atoms with Gasteiger partial charge in [0.05, 0.1) is 6.61 Å². The highest BCUT2D eigenvalue weighted by atomic mass is 35.5. The van der Waals surface area contributed by atoms with Crippen LogP contribution in [0.5, 0.6) is 0 Å². The fourth-order valence-electron chi connectivity index (χ4n) is 1.54. The fraction of sp³-hybridized carbons (Fsp3) is 0.538. The minimum absolute atomic E-state index is 0.217. The van der Waals surface area contributed by atoms with E-state index in [0.29, 0.717) is 17.1 Å². The van der Waals surface area contributed by atoms with Gasteiger partial charge < -0.3 is 15.4 Å². The molecule has 3 nitrogen and oxygen atoms in total. The number of methoxy groups -OCH3 is 1. The highest BCUT2D eigenvalue weighted by Crippen LogP contribution is 2.14. The summed E-state index contributed by atoms with van der Waals surface area (Å²) in [5.41, 5.74) is 0.606. The zero-order valence-corrected chi connectivity index (χ0v) is 11.4. The summed E-state index contributed by atoms with van der Waals surface area (Å²) >= 11 is 5.81. The maximum Gasteiger partial charge on any atom is 0.127 e. The van der Waals surface area contributed by atoms with Crippen LogP contribution in [0, 0.1) is 5.82 Å². The molecule has 2 N–H and O–H groups in total. The van der Waals surface area contributed by atoms with Gasteiger partial charge in [-0.25, -0.2) is 4.39 Å². The first-order chi connectivity index (χ1) is 8.74. The number of rotatable bonds is 9. The third-order valence-electron chi connectivity index (χ3n) is 2.51. The van der Waals surface area contributed by atoms with E-state index in [9.17, 15) is 4.39 Å². The predicted octanol–water partition coefficient (Wildman–Crippen LogP) is 2.19. The van der Waals surface area contributed by atoms with Crippen molar-refractivity contribution in [1.82, 2.24) is 10.6 Å². The van der Waals surface area contributed by atoms with Crippen molar-refractivity contribution in [1.29, 1.82) is 0 Å². The highest BCUT2D eigenvalue weighted by Gasteiger charge is 2.01. The second-order valence-electron chi connectivity index (χ2n) is 4.01. The maximum atomic E-state index is 13.4. The van der Waals surface area contributed by atoms with Crippen LogP contribution in [0.2, 0.25) is 5.02 Å². The van der Waals surface area contributed by atoms with Crippen LogP contribution in [0.15, 0.2) is 18.2 Å². The molecule has 0 amide bonds. The molecule has 102 valence electrons. The molecule has 1 rings (SSSR count). The van der Waals surface area contributed by atoms with Crippen molar-refractivity contribution < 1.29 is 9.13 Å². The Bertz CT molecular complexity index is 350. The molecule has 0 saturated heterocycles. The zero-order valence-electron chi connectivity index (χ0n) is 10.6. The van der Waals surface area contributed by atoms with Crippen molar-refractivity contribution in [3.8, 4) is 0 Å². The van der Waals surface area contributed by atoms with E-state index in [1.54, 1.807) is 19.2 Å². The number of nitrogens with one attached hydrogen (secondary N) is 2. The van der Waals surface area contributed by atoms with Crippen molar-refractivity contribution in [2.45, 2.75) is 13.0 Å². The lowest BCUT2D eigenvalue weighted by Crippen LogP contribution is -2.24. The molecule has 1 aromatic rings. The molecule has 0 aliphatic heterocycles.